The fourth-order valence-corrected chi connectivity index (χ4v) is 2.74. The Morgan fingerprint density at radius 1 is 1.58 bits per heavy atom. The van der Waals surface area contributed by atoms with Gasteiger partial charge in [-0.2, -0.15) is 5.10 Å². The van der Waals surface area contributed by atoms with Crippen LogP contribution in [-0.2, 0) is 18.4 Å². The first kappa shape index (κ1) is 13.8. The van der Waals surface area contributed by atoms with Crippen molar-refractivity contribution in [3.63, 3.8) is 0 Å². The van der Waals surface area contributed by atoms with Gasteiger partial charge in [0.15, 0.2) is 0 Å². The van der Waals surface area contributed by atoms with Gasteiger partial charge in [-0.15, -0.1) is 11.3 Å². The van der Waals surface area contributed by atoms with E-state index in [0.717, 1.165) is 5.56 Å². The lowest BCUT2D eigenvalue weighted by Crippen LogP contribution is -2.35. The summed E-state index contributed by atoms with van der Waals surface area (Å²) in [6.45, 7) is 2.62. The predicted molar refractivity (Wildman–Crippen MR) is 75.9 cm³/mol. The van der Waals surface area contributed by atoms with E-state index in [0.29, 0.717) is 6.54 Å². The molecule has 1 atom stereocenters. The number of hydrogen-bond donors (Lipinski definition) is 2. The van der Waals surface area contributed by atoms with E-state index in [2.05, 4.69) is 28.7 Å². The van der Waals surface area contributed by atoms with Crippen LogP contribution in [0.2, 0.25) is 0 Å². The van der Waals surface area contributed by atoms with Crippen LogP contribution >= 0.6 is 11.3 Å². The first-order valence-corrected chi connectivity index (χ1v) is 6.96. The molecule has 1 unspecified atom stereocenters. The third-order valence-electron chi connectivity index (χ3n) is 3.00. The molecule has 0 fully saturated rings. The second kappa shape index (κ2) is 5.99. The molecule has 0 saturated carbocycles. The summed E-state index contributed by atoms with van der Waals surface area (Å²) in [5, 5.41) is 12.1. The van der Waals surface area contributed by atoms with Gasteiger partial charge in [-0.3, -0.25) is 9.48 Å². The number of carbonyl (C=O) groups is 1. The molecule has 19 heavy (non-hydrogen) atoms. The molecule has 2 heterocycles. The molecule has 1 amide bonds. The molecule has 0 aliphatic carbocycles. The van der Waals surface area contributed by atoms with E-state index in [-0.39, 0.29) is 11.9 Å². The smallest absolute Gasteiger partial charge is 0.242 e. The highest BCUT2D eigenvalue weighted by Gasteiger charge is 2.19. The minimum Gasteiger partial charge on any atom is -0.350 e. The molecule has 0 bridgehead atoms. The Hall–Kier alpha value is -1.66. The maximum Gasteiger partial charge on any atom is 0.242 e. The first-order valence-electron chi connectivity index (χ1n) is 6.08. The summed E-state index contributed by atoms with van der Waals surface area (Å²) in [5.74, 6) is -0.0386. The van der Waals surface area contributed by atoms with Crippen molar-refractivity contribution in [2.75, 3.05) is 7.05 Å². The Morgan fingerprint density at radius 2 is 2.37 bits per heavy atom. The van der Waals surface area contributed by atoms with Crippen LogP contribution < -0.4 is 10.6 Å². The number of thiophene rings is 1. The molecule has 0 aromatic carbocycles. The number of carbonyl (C=O) groups excluding carboxylic acids is 1. The standard InChI is InChI=1S/C13H18N4OS/c1-9-4-5-19-11(9)7-15-13(18)12(14-2)10-6-16-17(3)8-10/h4-6,8,12,14H,7H2,1-3H3,(H,15,18). The minimum absolute atomic E-state index is 0.0386. The summed E-state index contributed by atoms with van der Waals surface area (Å²) >= 11 is 1.66. The number of aromatic nitrogens is 2. The molecule has 6 heteroatoms. The number of hydrogen-bond acceptors (Lipinski definition) is 4. The normalized spacial score (nSPS) is 12.4. The van der Waals surface area contributed by atoms with Gasteiger partial charge in [-0.05, 0) is 31.0 Å². The Bertz CT molecular complexity index is 560. The van der Waals surface area contributed by atoms with Crippen LogP contribution in [0.3, 0.4) is 0 Å². The number of nitrogens with one attached hydrogen (secondary N) is 2. The molecular formula is C13H18N4OS. The third-order valence-corrected chi connectivity index (χ3v) is 4.02. The van der Waals surface area contributed by atoms with E-state index >= 15 is 0 Å². The predicted octanol–water partition coefficient (Wildman–Crippen LogP) is 1.37. The lowest BCUT2D eigenvalue weighted by Gasteiger charge is -2.14. The first-order chi connectivity index (χ1) is 9.11. The monoisotopic (exact) mass is 278 g/mol. The van der Waals surface area contributed by atoms with Crippen LogP contribution in [0.5, 0.6) is 0 Å². The van der Waals surface area contributed by atoms with Crippen molar-refractivity contribution < 1.29 is 4.79 Å². The van der Waals surface area contributed by atoms with Crippen molar-refractivity contribution in [1.29, 1.82) is 0 Å². The maximum atomic E-state index is 12.2. The second-order valence-corrected chi connectivity index (χ2v) is 5.41. The van der Waals surface area contributed by atoms with Gasteiger partial charge in [-0.25, -0.2) is 0 Å². The summed E-state index contributed by atoms with van der Waals surface area (Å²) in [6, 6.07) is 1.69. The largest absolute Gasteiger partial charge is 0.350 e. The summed E-state index contributed by atoms with van der Waals surface area (Å²) in [4.78, 5) is 13.4. The molecule has 2 N–H and O–H groups in total. The Morgan fingerprint density at radius 3 is 2.89 bits per heavy atom. The number of rotatable bonds is 5. The zero-order valence-electron chi connectivity index (χ0n) is 11.3. The number of aryl methyl sites for hydroxylation is 2. The van der Waals surface area contributed by atoms with Crippen LogP contribution in [-0.4, -0.2) is 22.7 Å². The van der Waals surface area contributed by atoms with E-state index < -0.39 is 0 Å². The van der Waals surface area contributed by atoms with Gasteiger partial charge in [-0.1, -0.05) is 0 Å². The van der Waals surface area contributed by atoms with E-state index in [4.69, 9.17) is 0 Å². The third kappa shape index (κ3) is 3.21. The van der Waals surface area contributed by atoms with Gasteiger partial charge in [0, 0.05) is 23.7 Å². The molecule has 0 aliphatic rings. The Labute approximate surface area is 116 Å². The number of likely N-dealkylation sites (N-methyl/N-ethyl adjacent to an activating group) is 1. The zero-order valence-corrected chi connectivity index (χ0v) is 12.1. The van der Waals surface area contributed by atoms with E-state index in [1.807, 2.05) is 18.6 Å². The Balaban J connectivity index is 2.00. The van der Waals surface area contributed by atoms with Gasteiger partial charge < -0.3 is 10.6 Å². The molecule has 2 rings (SSSR count). The second-order valence-electron chi connectivity index (χ2n) is 4.41. The van der Waals surface area contributed by atoms with Crippen molar-refractivity contribution in [3.05, 3.63) is 39.8 Å². The van der Waals surface area contributed by atoms with Crippen molar-refractivity contribution in [2.45, 2.75) is 19.5 Å². The lowest BCUT2D eigenvalue weighted by atomic mass is 10.1. The molecule has 0 radical (unpaired) electrons. The lowest BCUT2D eigenvalue weighted by molar-refractivity contribution is -0.123. The van der Waals surface area contributed by atoms with E-state index in [1.54, 1.807) is 29.3 Å². The molecule has 0 aliphatic heterocycles. The van der Waals surface area contributed by atoms with E-state index in [1.165, 1.54) is 10.4 Å². The number of amides is 1. The quantitative estimate of drug-likeness (QED) is 0.868. The highest BCUT2D eigenvalue weighted by Crippen LogP contribution is 2.16. The highest BCUT2D eigenvalue weighted by molar-refractivity contribution is 7.10. The van der Waals surface area contributed by atoms with Crippen molar-refractivity contribution in [2.24, 2.45) is 7.05 Å². The van der Waals surface area contributed by atoms with Gasteiger partial charge in [0.2, 0.25) is 5.91 Å². The SMILES string of the molecule is CNC(C(=O)NCc1sccc1C)c1cnn(C)c1. The van der Waals surface area contributed by atoms with Crippen molar-refractivity contribution in [1.82, 2.24) is 20.4 Å². The van der Waals surface area contributed by atoms with Gasteiger partial charge >= 0.3 is 0 Å². The van der Waals surface area contributed by atoms with Crippen LogP contribution in [0.15, 0.2) is 23.8 Å². The molecule has 102 valence electrons. The Kier molecular flexibility index (Phi) is 4.34. The summed E-state index contributed by atoms with van der Waals surface area (Å²) < 4.78 is 1.69. The minimum atomic E-state index is -0.367. The average molecular weight is 278 g/mol. The summed E-state index contributed by atoms with van der Waals surface area (Å²) in [6.07, 6.45) is 3.55. The van der Waals surface area contributed by atoms with Crippen LogP contribution in [0.1, 0.15) is 22.0 Å². The molecule has 0 saturated heterocycles. The fourth-order valence-electron chi connectivity index (χ4n) is 1.89. The molecule has 0 spiro atoms. The van der Waals surface area contributed by atoms with Gasteiger partial charge in [0.05, 0.1) is 12.7 Å². The molecule has 5 nitrogen and oxygen atoms in total. The zero-order chi connectivity index (χ0) is 13.8. The molecular weight excluding hydrogens is 260 g/mol. The highest BCUT2D eigenvalue weighted by atomic mass is 32.1. The van der Waals surface area contributed by atoms with Gasteiger partial charge in [0.1, 0.15) is 6.04 Å². The maximum absolute atomic E-state index is 12.2. The molecule has 2 aromatic rings. The number of nitrogens with zero attached hydrogens (tertiary/aromatic N) is 2. The van der Waals surface area contributed by atoms with Crippen LogP contribution in [0, 0.1) is 6.92 Å². The van der Waals surface area contributed by atoms with Crippen molar-refractivity contribution in [3.8, 4) is 0 Å². The average Bonchev–Trinajstić information content (AvgIpc) is 2.97. The topological polar surface area (TPSA) is 59.0 Å². The van der Waals surface area contributed by atoms with Gasteiger partial charge in [0.25, 0.3) is 0 Å². The van der Waals surface area contributed by atoms with Crippen LogP contribution in [0.4, 0.5) is 0 Å². The fraction of sp³-hybridized carbons (Fsp3) is 0.385. The molecule has 2 aromatic heterocycles. The van der Waals surface area contributed by atoms with Crippen LogP contribution in [0.25, 0.3) is 0 Å². The summed E-state index contributed by atoms with van der Waals surface area (Å²) in [7, 11) is 3.61. The van der Waals surface area contributed by atoms with Crippen molar-refractivity contribution >= 4 is 17.2 Å². The summed E-state index contributed by atoms with van der Waals surface area (Å²) in [5.41, 5.74) is 2.08. The van der Waals surface area contributed by atoms with E-state index in [9.17, 15) is 4.79 Å².